The van der Waals surface area contributed by atoms with Gasteiger partial charge in [-0.1, -0.05) is 201 Å². The number of anilines is 3. The number of rotatable bonds is 4. The molecule has 0 atom stereocenters. The van der Waals surface area contributed by atoms with Crippen molar-refractivity contribution in [3.05, 3.63) is 233 Å². The zero-order chi connectivity index (χ0) is 50.7. The van der Waals surface area contributed by atoms with Gasteiger partial charge in [0.2, 0.25) is 0 Å². The Morgan fingerprint density at radius 1 is 0.320 bits per heavy atom. The van der Waals surface area contributed by atoms with E-state index in [1.807, 2.05) is 0 Å². The van der Waals surface area contributed by atoms with E-state index in [-0.39, 0.29) is 21.7 Å². The summed E-state index contributed by atoms with van der Waals surface area (Å²) in [4.78, 5) is 2.53. The van der Waals surface area contributed by atoms with Crippen molar-refractivity contribution in [2.24, 2.45) is 0 Å². The summed E-state index contributed by atoms with van der Waals surface area (Å²) in [5, 5.41) is 4.80. The Kier molecular flexibility index (Phi) is 8.18. The van der Waals surface area contributed by atoms with Gasteiger partial charge in [-0.25, -0.2) is 0 Å². The summed E-state index contributed by atoms with van der Waals surface area (Å²) < 4.78 is 14.2. The molecule has 4 aliphatic carbocycles. The predicted octanol–water partition coefficient (Wildman–Crippen LogP) is 19.8. The van der Waals surface area contributed by atoms with E-state index in [1.54, 1.807) is 0 Å². The molecule has 0 saturated heterocycles. The number of benzene rings is 10. The van der Waals surface area contributed by atoms with Gasteiger partial charge in [0.15, 0.2) is 0 Å². The number of hydrogen-bond acceptors (Lipinski definition) is 3. The Balaban J connectivity index is 0.949. The molecule has 0 unspecified atom stereocenters. The third-order valence-corrected chi connectivity index (χ3v) is 18.5. The van der Waals surface area contributed by atoms with Gasteiger partial charge in [-0.3, -0.25) is 0 Å². The summed E-state index contributed by atoms with van der Waals surface area (Å²) in [7, 11) is 0. The summed E-state index contributed by atoms with van der Waals surface area (Å²) >= 11 is 0. The minimum Gasteiger partial charge on any atom is -0.455 e. The smallest absolute Gasteiger partial charge is 0.144 e. The highest BCUT2D eigenvalue weighted by Crippen LogP contribution is 2.66. The topological polar surface area (TPSA) is 29.5 Å². The van der Waals surface area contributed by atoms with Crippen molar-refractivity contribution in [1.29, 1.82) is 0 Å². The highest BCUT2D eigenvalue weighted by atomic mass is 16.3. The lowest BCUT2D eigenvalue weighted by Crippen LogP contribution is -2.24. The standard InChI is InChI=1S/C72H55NO2/c1-69(2)50-29-17-12-25-44(50)57-59-48-27-15-20-32-55(48)74-67(59)61-46-36-34-41(38-52(46)71(5,6)65(61)63(57)69)73(54-31-19-14-24-43(54)40-22-10-9-11-23-40)42-35-37-47-53(39-42)72(7,8)66-62(47)68-60(49-28-16-21-33-56(49)75-68)58-45-26-13-18-30-51(45)70(3,4)64(58)66/h9-39H,1-8H3. The van der Waals surface area contributed by atoms with Gasteiger partial charge >= 0.3 is 0 Å². The largest absolute Gasteiger partial charge is 0.455 e. The molecule has 2 heterocycles. The van der Waals surface area contributed by atoms with Crippen LogP contribution in [0.4, 0.5) is 17.1 Å². The van der Waals surface area contributed by atoms with Gasteiger partial charge in [0, 0.05) is 71.3 Å². The second-order valence-electron chi connectivity index (χ2n) is 23.9. The normalized spacial score (nSPS) is 16.2. The predicted molar refractivity (Wildman–Crippen MR) is 311 cm³/mol. The van der Waals surface area contributed by atoms with Gasteiger partial charge in [-0.05, 0) is 126 Å². The molecule has 0 radical (unpaired) electrons. The van der Waals surface area contributed by atoms with Crippen molar-refractivity contribution < 1.29 is 8.83 Å². The molecule has 10 aromatic carbocycles. The maximum Gasteiger partial charge on any atom is 0.144 e. The second-order valence-corrected chi connectivity index (χ2v) is 23.9. The average molecular weight is 966 g/mol. The third kappa shape index (κ3) is 5.26. The van der Waals surface area contributed by atoms with Crippen LogP contribution in [0.15, 0.2) is 197 Å². The molecule has 16 rings (SSSR count). The summed E-state index contributed by atoms with van der Waals surface area (Å²) in [6, 6.07) is 69.8. The maximum absolute atomic E-state index is 7.11. The first-order valence-electron chi connectivity index (χ1n) is 26.8. The molecule has 0 spiro atoms. The number of para-hydroxylation sites is 3. The van der Waals surface area contributed by atoms with Gasteiger partial charge in [0.05, 0.1) is 5.69 Å². The fraction of sp³-hybridized carbons (Fsp3) is 0.167. The van der Waals surface area contributed by atoms with Gasteiger partial charge in [-0.15, -0.1) is 0 Å². The van der Waals surface area contributed by atoms with Crippen LogP contribution in [-0.2, 0) is 21.7 Å². The van der Waals surface area contributed by atoms with Crippen molar-refractivity contribution in [3.8, 4) is 55.6 Å². The van der Waals surface area contributed by atoms with E-state index in [9.17, 15) is 0 Å². The fourth-order valence-electron chi connectivity index (χ4n) is 15.3. The molecule has 0 bridgehead atoms. The molecule has 360 valence electrons. The Morgan fingerprint density at radius 3 is 1.19 bits per heavy atom. The fourth-order valence-corrected chi connectivity index (χ4v) is 15.3. The molecular weight excluding hydrogens is 911 g/mol. The lowest BCUT2D eigenvalue weighted by Gasteiger charge is -2.33. The average Bonchev–Trinajstić information content (AvgIpc) is 4.41. The van der Waals surface area contributed by atoms with Crippen LogP contribution in [0.5, 0.6) is 0 Å². The molecule has 3 nitrogen and oxygen atoms in total. The van der Waals surface area contributed by atoms with Crippen LogP contribution in [0, 0.1) is 0 Å². The molecule has 0 aliphatic heterocycles. The van der Waals surface area contributed by atoms with Crippen LogP contribution in [0.1, 0.15) is 99.9 Å². The van der Waals surface area contributed by atoms with Crippen molar-refractivity contribution in [3.63, 3.8) is 0 Å². The van der Waals surface area contributed by atoms with Gasteiger partial charge in [0.25, 0.3) is 0 Å². The summed E-state index contributed by atoms with van der Waals surface area (Å²) in [5.41, 5.74) is 29.5. The van der Waals surface area contributed by atoms with E-state index in [0.717, 1.165) is 39.4 Å². The lowest BCUT2D eigenvalue weighted by atomic mass is 9.72. The van der Waals surface area contributed by atoms with E-state index in [2.05, 4.69) is 248 Å². The quantitative estimate of drug-likeness (QED) is 0.176. The van der Waals surface area contributed by atoms with Crippen LogP contribution in [0.2, 0.25) is 0 Å². The lowest BCUT2D eigenvalue weighted by molar-refractivity contribution is 0.600. The van der Waals surface area contributed by atoms with Crippen molar-refractivity contribution >= 4 is 60.9 Å². The SMILES string of the molecule is CC1(C)c2cc(N(c3ccc4c(c3)C(C)(C)c3c5c(c6c(oc7ccccc76)c3-4)-c3ccccc3C5(C)C)c3ccccc3-c3ccccc3)ccc2-c2c1c1c(c3c2oc2ccccc23)-c2ccccc2C1(C)C. The van der Waals surface area contributed by atoms with Crippen LogP contribution in [-0.4, -0.2) is 0 Å². The van der Waals surface area contributed by atoms with E-state index in [1.165, 1.54) is 122 Å². The van der Waals surface area contributed by atoms with Crippen LogP contribution in [0.25, 0.3) is 99.5 Å². The maximum atomic E-state index is 7.11. The number of furan rings is 2. The molecule has 0 saturated carbocycles. The summed E-state index contributed by atoms with van der Waals surface area (Å²) in [6.07, 6.45) is 0. The first-order valence-corrected chi connectivity index (χ1v) is 26.8. The van der Waals surface area contributed by atoms with Crippen molar-refractivity contribution in [2.75, 3.05) is 4.90 Å². The zero-order valence-electron chi connectivity index (χ0n) is 43.7. The van der Waals surface area contributed by atoms with E-state index < -0.39 is 0 Å². The monoisotopic (exact) mass is 965 g/mol. The number of nitrogens with zero attached hydrogens (tertiary/aromatic N) is 1. The molecule has 4 aliphatic rings. The number of hydrogen-bond donors (Lipinski definition) is 0. The summed E-state index contributed by atoms with van der Waals surface area (Å²) in [5.74, 6) is 0. The molecule has 2 aromatic heterocycles. The minimum absolute atomic E-state index is 0.230. The Bertz CT molecular complexity index is 4280. The van der Waals surface area contributed by atoms with E-state index in [4.69, 9.17) is 8.83 Å². The third-order valence-electron chi connectivity index (χ3n) is 18.5. The van der Waals surface area contributed by atoms with Crippen LogP contribution in [0.3, 0.4) is 0 Å². The highest BCUT2D eigenvalue weighted by Gasteiger charge is 2.51. The van der Waals surface area contributed by atoms with Gasteiger partial charge in [-0.2, -0.15) is 0 Å². The van der Waals surface area contributed by atoms with Crippen molar-refractivity contribution in [2.45, 2.75) is 77.0 Å². The Morgan fingerprint density at radius 2 is 0.693 bits per heavy atom. The molecule has 0 fully saturated rings. The van der Waals surface area contributed by atoms with E-state index >= 15 is 0 Å². The molecule has 0 amide bonds. The molecule has 3 heteroatoms. The highest BCUT2D eigenvalue weighted by molar-refractivity contribution is 6.22. The molecule has 75 heavy (non-hydrogen) atoms. The van der Waals surface area contributed by atoms with Gasteiger partial charge in [0.1, 0.15) is 22.3 Å². The Hall–Kier alpha value is -8.40. The Labute approximate surface area is 437 Å². The first kappa shape index (κ1) is 43.0. The summed E-state index contributed by atoms with van der Waals surface area (Å²) in [6.45, 7) is 19.5. The minimum atomic E-state index is -0.369. The number of fused-ring (bicyclic) bond motifs is 24. The van der Waals surface area contributed by atoms with Crippen molar-refractivity contribution in [1.82, 2.24) is 0 Å². The van der Waals surface area contributed by atoms with Gasteiger partial charge < -0.3 is 13.7 Å². The van der Waals surface area contributed by atoms with Crippen LogP contribution >= 0.6 is 0 Å². The van der Waals surface area contributed by atoms with E-state index in [0.29, 0.717) is 0 Å². The molecule has 12 aromatic rings. The first-order chi connectivity index (χ1) is 36.3. The zero-order valence-corrected chi connectivity index (χ0v) is 43.7. The molecule has 0 N–H and O–H groups in total. The molecular formula is C72H55NO2. The van der Waals surface area contributed by atoms with Crippen LogP contribution < -0.4 is 4.90 Å². The second kappa shape index (κ2) is 14.3.